The van der Waals surface area contributed by atoms with Crippen LogP contribution in [-0.2, 0) is 13.1 Å². The van der Waals surface area contributed by atoms with Gasteiger partial charge in [0.05, 0.1) is 13.2 Å². The second-order valence-corrected chi connectivity index (χ2v) is 7.33. The van der Waals surface area contributed by atoms with Crippen LogP contribution in [0.3, 0.4) is 0 Å². The van der Waals surface area contributed by atoms with Crippen LogP contribution >= 0.6 is 37.2 Å². The van der Waals surface area contributed by atoms with Gasteiger partial charge in [-0.25, -0.2) is 0 Å². The molecule has 10 heteroatoms. The standard InChI is InChI=1S/C23H32N6O.3ClH/c24-22(23(25)28-17-19-6-2-1-3-7-19)27-10-5-15-30-21-9-4-8-20(16-21)18-29-13-11-26-12-14-29;;;/h1-4,6-9,16,26H,5,10-15,17-18H2,(H2,24,27)(H2,25,28);3*1H. The van der Waals surface area contributed by atoms with Gasteiger partial charge in [-0.05, 0) is 23.3 Å². The highest BCUT2D eigenvalue weighted by Crippen LogP contribution is 2.15. The molecule has 3 rings (SSSR count). The van der Waals surface area contributed by atoms with Crippen LogP contribution in [0.2, 0.25) is 0 Å². The zero-order valence-electron chi connectivity index (χ0n) is 18.7. The van der Waals surface area contributed by atoms with Crippen molar-refractivity contribution < 1.29 is 4.74 Å². The summed E-state index contributed by atoms with van der Waals surface area (Å²) < 4.78 is 5.88. The zero-order chi connectivity index (χ0) is 21.0. The lowest BCUT2D eigenvalue weighted by atomic mass is 10.2. The second-order valence-electron chi connectivity index (χ2n) is 7.33. The fraction of sp³-hybridized carbons (Fsp3) is 0.391. The number of nitrogens with one attached hydrogen (secondary N) is 1. The Morgan fingerprint density at radius 3 is 2.27 bits per heavy atom. The summed E-state index contributed by atoms with van der Waals surface area (Å²) in [6, 6.07) is 18.2. The number of benzene rings is 2. The number of ether oxygens (including phenoxy) is 1. The molecule has 7 nitrogen and oxygen atoms in total. The summed E-state index contributed by atoms with van der Waals surface area (Å²) in [7, 11) is 0. The number of halogens is 3. The number of piperazine rings is 1. The van der Waals surface area contributed by atoms with Crippen molar-refractivity contribution in [3.63, 3.8) is 0 Å². The van der Waals surface area contributed by atoms with Gasteiger partial charge in [-0.15, -0.1) is 37.2 Å². The predicted molar refractivity (Wildman–Crippen MR) is 145 cm³/mol. The van der Waals surface area contributed by atoms with Gasteiger partial charge < -0.3 is 21.5 Å². The molecular weight excluding hydrogens is 483 g/mol. The van der Waals surface area contributed by atoms with Crippen molar-refractivity contribution in [1.29, 1.82) is 0 Å². The van der Waals surface area contributed by atoms with Crippen LogP contribution in [0.1, 0.15) is 17.5 Å². The van der Waals surface area contributed by atoms with Crippen LogP contribution in [0.25, 0.3) is 0 Å². The van der Waals surface area contributed by atoms with Gasteiger partial charge in [-0.2, -0.15) is 0 Å². The number of nitrogens with two attached hydrogens (primary N) is 2. The number of rotatable bonds is 9. The molecule has 0 unspecified atom stereocenters. The average molecular weight is 518 g/mol. The van der Waals surface area contributed by atoms with E-state index in [0.717, 1.165) is 50.5 Å². The first-order valence-corrected chi connectivity index (χ1v) is 10.5. The maximum atomic E-state index is 5.93. The molecule has 2 aromatic carbocycles. The molecule has 1 heterocycles. The maximum absolute atomic E-state index is 5.93. The lowest BCUT2D eigenvalue weighted by Gasteiger charge is -2.27. The first-order chi connectivity index (χ1) is 14.7. The summed E-state index contributed by atoms with van der Waals surface area (Å²) in [5.74, 6) is 1.45. The summed E-state index contributed by atoms with van der Waals surface area (Å²) >= 11 is 0. The smallest absolute Gasteiger partial charge is 0.161 e. The van der Waals surface area contributed by atoms with E-state index in [2.05, 4.69) is 32.3 Å². The number of hydrogen-bond acceptors (Lipinski definition) is 5. The molecule has 0 saturated carbocycles. The van der Waals surface area contributed by atoms with E-state index in [1.165, 1.54) is 5.56 Å². The van der Waals surface area contributed by atoms with Crippen molar-refractivity contribution in [3.8, 4) is 5.75 Å². The van der Waals surface area contributed by atoms with Gasteiger partial charge in [-0.3, -0.25) is 14.9 Å². The van der Waals surface area contributed by atoms with E-state index < -0.39 is 0 Å². The number of nitrogens with zero attached hydrogens (tertiary/aromatic N) is 3. The van der Waals surface area contributed by atoms with E-state index in [1.54, 1.807) is 0 Å². The first-order valence-electron chi connectivity index (χ1n) is 10.5. The van der Waals surface area contributed by atoms with Gasteiger partial charge in [0.25, 0.3) is 0 Å². The molecule has 0 spiro atoms. The predicted octanol–water partition coefficient (Wildman–Crippen LogP) is 3.04. The van der Waals surface area contributed by atoms with Crippen LogP contribution in [-0.4, -0.2) is 55.9 Å². The average Bonchev–Trinajstić information content (AvgIpc) is 2.79. The van der Waals surface area contributed by atoms with Crippen LogP contribution in [0.15, 0.2) is 64.6 Å². The Bertz CT molecular complexity index is 845. The van der Waals surface area contributed by atoms with Crippen LogP contribution in [0.4, 0.5) is 0 Å². The van der Waals surface area contributed by atoms with Crippen molar-refractivity contribution in [2.75, 3.05) is 39.3 Å². The molecule has 0 bridgehead atoms. The fourth-order valence-corrected chi connectivity index (χ4v) is 3.24. The quantitative estimate of drug-likeness (QED) is 0.270. The highest BCUT2D eigenvalue weighted by molar-refractivity contribution is 6.39. The molecule has 0 aliphatic carbocycles. The topological polar surface area (TPSA) is 101 Å². The molecule has 0 radical (unpaired) electrons. The van der Waals surface area contributed by atoms with Crippen LogP contribution in [0.5, 0.6) is 5.75 Å². The fourth-order valence-electron chi connectivity index (χ4n) is 3.24. The third-order valence-electron chi connectivity index (χ3n) is 4.90. The Kier molecular flexibility index (Phi) is 16.4. The largest absolute Gasteiger partial charge is 0.494 e. The Labute approximate surface area is 215 Å². The van der Waals surface area contributed by atoms with Gasteiger partial charge in [0.1, 0.15) is 5.75 Å². The monoisotopic (exact) mass is 516 g/mol. The van der Waals surface area contributed by atoms with Gasteiger partial charge in [-0.1, -0.05) is 42.5 Å². The summed E-state index contributed by atoms with van der Waals surface area (Å²) in [6.45, 7) is 6.87. The van der Waals surface area contributed by atoms with Crippen LogP contribution in [0, 0.1) is 0 Å². The van der Waals surface area contributed by atoms with E-state index in [0.29, 0.717) is 19.7 Å². The number of hydrogen-bond donors (Lipinski definition) is 3. The van der Waals surface area contributed by atoms with Crippen molar-refractivity contribution in [2.24, 2.45) is 21.5 Å². The molecule has 184 valence electrons. The van der Waals surface area contributed by atoms with Gasteiger partial charge >= 0.3 is 0 Å². The molecule has 0 atom stereocenters. The Balaban J connectivity index is 0.00000341. The summed E-state index contributed by atoms with van der Waals surface area (Å²) in [5, 5.41) is 3.38. The molecular formula is C23H35Cl3N6O. The number of aliphatic imine (C=N–C) groups is 2. The first kappa shape index (κ1) is 31.0. The molecule has 1 aliphatic rings. The van der Waals surface area contributed by atoms with E-state index in [4.69, 9.17) is 16.2 Å². The minimum absolute atomic E-state index is 0. The minimum atomic E-state index is 0. The Hall–Kier alpha value is -2.03. The SMILES string of the molecule is Cl.Cl.Cl.NC(=NCCCOc1cccc(CN2CCNCC2)c1)C(N)=NCc1ccccc1. The third-order valence-corrected chi connectivity index (χ3v) is 4.90. The highest BCUT2D eigenvalue weighted by Gasteiger charge is 2.10. The van der Waals surface area contributed by atoms with Gasteiger partial charge in [0.2, 0.25) is 0 Å². The van der Waals surface area contributed by atoms with Crippen molar-refractivity contribution >= 4 is 48.9 Å². The molecule has 0 amide bonds. The molecule has 5 N–H and O–H groups in total. The minimum Gasteiger partial charge on any atom is -0.494 e. The maximum Gasteiger partial charge on any atom is 0.161 e. The van der Waals surface area contributed by atoms with E-state index in [1.807, 2.05) is 42.5 Å². The molecule has 1 saturated heterocycles. The van der Waals surface area contributed by atoms with Gasteiger partial charge in [0.15, 0.2) is 11.7 Å². The Morgan fingerprint density at radius 2 is 1.55 bits per heavy atom. The molecule has 0 aromatic heterocycles. The van der Waals surface area contributed by atoms with Crippen LogP contribution < -0.4 is 21.5 Å². The zero-order valence-corrected chi connectivity index (χ0v) is 21.1. The lowest BCUT2D eigenvalue weighted by molar-refractivity contribution is 0.232. The molecule has 1 aliphatic heterocycles. The van der Waals surface area contributed by atoms with E-state index in [9.17, 15) is 0 Å². The Morgan fingerprint density at radius 1 is 0.879 bits per heavy atom. The molecule has 33 heavy (non-hydrogen) atoms. The summed E-state index contributed by atoms with van der Waals surface area (Å²) in [6.07, 6.45) is 0.759. The highest BCUT2D eigenvalue weighted by atomic mass is 35.5. The van der Waals surface area contributed by atoms with Crippen molar-refractivity contribution in [1.82, 2.24) is 10.2 Å². The third kappa shape index (κ3) is 11.6. The van der Waals surface area contributed by atoms with Crippen molar-refractivity contribution in [3.05, 3.63) is 65.7 Å². The van der Waals surface area contributed by atoms with E-state index >= 15 is 0 Å². The second kappa shape index (κ2) is 17.4. The molecule has 2 aromatic rings. The van der Waals surface area contributed by atoms with Crippen molar-refractivity contribution in [2.45, 2.75) is 19.5 Å². The summed E-state index contributed by atoms with van der Waals surface area (Å²) in [4.78, 5) is 11.1. The number of amidine groups is 2. The molecule has 1 fully saturated rings. The normalized spacial score (nSPS) is 14.4. The van der Waals surface area contributed by atoms with Gasteiger partial charge in [0, 0.05) is 45.7 Å². The summed E-state index contributed by atoms with van der Waals surface area (Å²) in [5.41, 5.74) is 14.2. The lowest BCUT2D eigenvalue weighted by Crippen LogP contribution is -2.42. The van der Waals surface area contributed by atoms with E-state index in [-0.39, 0.29) is 48.9 Å².